The Morgan fingerprint density at radius 3 is 2.78 bits per heavy atom. The topological polar surface area (TPSA) is 80.2 Å². The summed E-state index contributed by atoms with van der Waals surface area (Å²) in [5.74, 6) is 0.471. The Kier molecular flexibility index (Phi) is 7.85. The molecule has 1 aromatic rings. The standard InChI is InChI=1S/C28H32Cl2N2O4S/c1-16(2)35-24-10-7-17(13-20(24)30)11-12-28(18-5-3-4-6-18)15-23(33)25(26(34)36-28)37-27-31-21-9-8-19(29)14-22(21)32-27/h7-10,13-14,16,18,21-22,33H,3-6,11-12,15H2,1-2H3,(H,31,32). The summed E-state index contributed by atoms with van der Waals surface area (Å²) < 4.78 is 12.0. The first-order valence-corrected chi connectivity index (χ1v) is 14.5. The first kappa shape index (κ1) is 26.5. The third kappa shape index (κ3) is 5.84. The lowest BCUT2D eigenvalue weighted by molar-refractivity contribution is -0.166. The van der Waals surface area contributed by atoms with Crippen molar-refractivity contribution in [1.82, 2.24) is 5.32 Å². The summed E-state index contributed by atoms with van der Waals surface area (Å²) in [4.78, 5) is 18.2. The van der Waals surface area contributed by atoms with Crippen LogP contribution in [0.1, 0.15) is 57.9 Å². The van der Waals surface area contributed by atoms with Crippen molar-refractivity contribution in [1.29, 1.82) is 0 Å². The molecule has 2 heterocycles. The van der Waals surface area contributed by atoms with Gasteiger partial charge in [0.05, 0.1) is 23.2 Å². The molecule has 2 N–H and O–H groups in total. The molecule has 1 fully saturated rings. The molecule has 3 unspecified atom stereocenters. The van der Waals surface area contributed by atoms with Gasteiger partial charge in [0.2, 0.25) is 0 Å². The Bertz CT molecular complexity index is 1190. The van der Waals surface area contributed by atoms with Crippen molar-refractivity contribution in [3.8, 4) is 5.75 Å². The number of cyclic esters (lactones) is 1. The number of hydrogen-bond donors (Lipinski definition) is 2. The largest absolute Gasteiger partial charge is 0.511 e. The van der Waals surface area contributed by atoms with E-state index in [0.717, 1.165) is 43.0 Å². The summed E-state index contributed by atoms with van der Waals surface area (Å²) >= 11 is 13.7. The molecule has 0 spiro atoms. The number of carbonyl (C=O) groups is 1. The highest BCUT2D eigenvalue weighted by atomic mass is 35.5. The Hall–Kier alpha value is -2.09. The summed E-state index contributed by atoms with van der Waals surface area (Å²) in [6, 6.07) is 5.69. The number of nitrogens with one attached hydrogen (secondary N) is 1. The molecule has 0 saturated heterocycles. The van der Waals surface area contributed by atoms with Crippen LogP contribution in [0, 0.1) is 5.92 Å². The molecular formula is C28H32Cl2N2O4S. The second kappa shape index (κ2) is 11.0. The van der Waals surface area contributed by atoms with Crippen LogP contribution in [0.4, 0.5) is 0 Å². The quantitative estimate of drug-likeness (QED) is 0.354. The number of ether oxygens (including phenoxy) is 2. The highest BCUT2D eigenvalue weighted by molar-refractivity contribution is 8.17. The summed E-state index contributed by atoms with van der Waals surface area (Å²) in [6.45, 7) is 3.93. The third-order valence-electron chi connectivity index (χ3n) is 7.42. The lowest BCUT2D eigenvalue weighted by atomic mass is 9.77. The maximum Gasteiger partial charge on any atom is 0.349 e. The summed E-state index contributed by atoms with van der Waals surface area (Å²) in [5.41, 5.74) is 0.309. The molecule has 37 heavy (non-hydrogen) atoms. The summed E-state index contributed by atoms with van der Waals surface area (Å²) in [6.07, 6.45) is 11.5. The van der Waals surface area contributed by atoms with Gasteiger partial charge in [-0.2, -0.15) is 0 Å². The molecule has 1 aromatic carbocycles. The lowest BCUT2D eigenvalue weighted by Gasteiger charge is -2.41. The highest BCUT2D eigenvalue weighted by Crippen LogP contribution is 2.47. The number of carbonyl (C=O) groups excluding carboxylic acids is 1. The SMILES string of the molecule is CC(C)Oc1ccc(CCC2(C3CCCC3)CC(O)=C(SC3=NC4C=CC(Cl)=CC4N3)C(=O)O2)cc1Cl. The molecule has 0 aromatic heterocycles. The number of thioether (sulfide) groups is 1. The van der Waals surface area contributed by atoms with Crippen molar-refractivity contribution < 1.29 is 19.4 Å². The van der Waals surface area contributed by atoms with E-state index in [2.05, 4.69) is 10.3 Å². The molecule has 2 aliphatic carbocycles. The number of aliphatic hydroxyl groups is 1. The maximum atomic E-state index is 13.3. The molecule has 3 atom stereocenters. The van der Waals surface area contributed by atoms with Crippen LogP contribution in [0.25, 0.3) is 0 Å². The van der Waals surface area contributed by atoms with Crippen LogP contribution < -0.4 is 10.1 Å². The molecule has 0 bridgehead atoms. The minimum Gasteiger partial charge on any atom is -0.511 e. The van der Waals surface area contributed by atoms with Crippen LogP contribution in [0.2, 0.25) is 5.02 Å². The highest BCUT2D eigenvalue weighted by Gasteiger charge is 2.48. The predicted molar refractivity (Wildman–Crippen MR) is 149 cm³/mol. The normalized spacial score (nSPS) is 27.6. The number of aliphatic hydroxyl groups excluding tert-OH is 1. The fourth-order valence-electron chi connectivity index (χ4n) is 5.63. The number of fused-ring (bicyclic) bond motifs is 1. The Morgan fingerprint density at radius 2 is 2.08 bits per heavy atom. The first-order valence-electron chi connectivity index (χ1n) is 12.9. The number of esters is 1. The van der Waals surface area contributed by atoms with Crippen LogP contribution in [-0.4, -0.2) is 40.0 Å². The fraction of sp³-hybridized carbons (Fsp3) is 0.500. The van der Waals surface area contributed by atoms with Crippen LogP contribution in [0.15, 0.2) is 57.1 Å². The number of allylic oxidation sites excluding steroid dienone is 2. The van der Waals surface area contributed by atoms with Crippen molar-refractivity contribution in [2.24, 2.45) is 10.9 Å². The molecule has 6 nitrogen and oxygen atoms in total. The van der Waals surface area contributed by atoms with Crippen molar-refractivity contribution in [3.63, 3.8) is 0 Å². The zero-order valence-corrected chi connectivity index (χ0v) is 23.3. The predicted octanol–water partition coefficient (Wildman–Crippen LogP) is 6.83. The van der Waals surface area contributed by atoms with Crippen LogP contribution in [0.5, 0.6) is 5.75 Å². The molecule has 0 amide bonds. The summed E-state index contributed by atoms with van der Waals surface area (Å²) in [5, 5.41) is 16.2. The van der Waals surface area contributed by atoms with E-state index in [1.807, 2.05) is 50.3 Å². The number of aliphatic imine (C=N–C) groups is 1. The molecular weight excluding hydrogens is 531 g/mol. The minimum atomic E-state index is -0.737. The number of nitrogens with zero attached hydrogens (tertiary/aromatic N) is 1. The van der Waals surface area contributed by atoms with Crippen molar-refractivity contribution in [2.75, 3.05) is 0 Å². The van der Waals surface area contributed by atoms with Gasteiger partial charge >= 0.3 is 5.97 Å². The van der Waals surface area contributed by atoms with E-state index in [4.69, 9.17) is 32.7 Å². The Balaban J connectivity index is 1.32. The van der Waals surface area contributed by atoms with Gasteiger partial charge in [0.1, 0.15) is 22.0 Å². The van der Waals surface area contributed by atoms with E-state index in [1.54, 1.807) is 0 Å². The molecule has 0 radical (unpaired) electrons. The Morgan fingerprint density at radius 1 is 1.30 bits per heavy atom. The molecule has 9 heteroatoms. The van der Waals surface area contributed by atoms with E-state index in [0.29, 0.717) is 40.2 Å². The second-order valence-electron chi connectivity index (χ2n) is 10.4. The van der Waals surface area contributed by atoms with Crippen LogP contribution >= 0.6 is 35.0 Å². The van der Waals surface area contributed by atoms with E-state index in [-0.39, 0.29) is 34.8 Å². The summed E-state index contributed by atoms with van der Waals surface area (Å²) in [7, 11) is 0. The first-order chi connectivity index (χ1) is 17.7. The maximum absolute atomic E-state index is 13.3. The average molecular weight is 564 g/mol. The number of hydrogen-bond acceptors (Lipinski definition) is 7. The van der Waals surface area contributed by atoms with Gasteiger partial charge in [-0.15, -0.1) is 0 Å². The molecule has 5 rings (SSSR count). The van der Waals surface area contributed by atoms with Crippen molar-refractivity contribution >= 4 is 46.1 Å². The molecule has 2 aliphatic heterocycles. The van der Waals surface area contributed by atoms with Gasteiger partial charge in [0.25, 0.3) is 0 Å². The number of rotatable bonds is 7. The number of aryl methyl sites for hydroxylation is 1. The van der Waals surface area contributed by atoms with Crippen molar-refractivity contribution in [2.45, 2.75) is 82.6 Å². The monoisotopic (exact) mass is 562 g/mol. The molecule has 1 saturated carbocycles. The number of benzene rings is 1. The van der Waals surface area contributed by atoms with E-state index >= 15 is 0 Å². The average Bonchev–Trinajstić information content (AvgIpc) is 3.51. The van der Waals surface area contributed by atoms with Gasteiger partial charge < -0.3 is 19.9 Å². The van der Waals surface area contributed by atoms with E-state index in [9.17, 15) is 9.90 Å². The molecule has 4 aliphatic rings. The smallest absolute Gasteiger partial charge is 0.349 e. The zero-order chi connectivity index (χ0) is 26.2. The van der Waals surface area contributed by atoms with Gasteiger partial charge in [-0.05, 0) is 87.1 Å². The fourth-order valence-corrected chi connectivity index (χ4v) is 6.97. The van der Waals surface area contributed by atoms with Crippen LogP contribution in [-0.2, 0) is 16.0 Å². The van der Waals surface area contributed by atoms with Crippen molar-refractivity contribution in [3.05, 3.63) is 62.7 Å². The molecule has 198 valence electrons. The zero-order valence-electron chi connectivity index (χ0n) is 21.0. The van der Waals surface area contributed by atoms with Gasteiger partial charge in [-0.3, -0.25) is 4.99 Å². The van der Waals surface area contributed by atoms with Crippen LogP contribution in [0.3, 0.4) is 0 Å². The van der Waals surface area contributed by atoms with Gasteiger partial charge in [0, 0.05) is 11.5 Å². The number of halogens is 2. The third-order valence-corrected chi connectivity index (χ3v) is 8.99. The van der Waals surface area contributed by atoms with E-state index in [1.165, 1.54) is 0 Å². The Labute approximate surface area is 232 Å². The second-order valence-corrected chi connectivity index (χ2v) is 12.3. The minimum absolute atomic E-state index is 0.0395. The van der Waals surface area contributed by atoms with Gasteiger partial charge in [-0.1, -0.05) is 48.2 Å². The lowest BCUT2D eigenvalue weighted by Crippen LogP contribution is -2.46. The van der Waals surface area contributed by atoms with E-state index < -0.39 is 11.6 Å². The van der Waals surface area contributed by atoms with Gasteiger partial charge in [-0.25, -0.2) is 4.79 Å². The number of amidine groups is 1. The van der Waals surface area contributed by atoms with Gasteiger partial charge in [0.15, 0.2) is 5.17 Å².